The van der Waals surface area contributed by atoms with Crippen LogP contribution in [0.1, 0.15) is 60.9 Å². The van der Waals surface area contributed by atoms with E-state index in [1.165, 1.54) is 0 Å². The third-order valence-electron chi connectivity index (χ3n) is 7.84. The van der Waals surface area contributed by atoms with Crippen LogP contribution in [0.3, 0.4) is 0 Å². The molecule has 1 amide bonds. The molecular weight excluding hydrogens is 556 g/mol. The molecule has 0 radical (unpaired) electrons. The molecule has 0 aromatic heterocycles. The molecule has 0 saturated carbocycles. The third-order valence-corrected chi connectivity index (χ3v) is 7.84. The lowest BCUT2D eigenvalue weighted by Crippen LogP contribution is -2.32. The normalized spacial score (nSPS) is 16.0. The highest BCUT2D eigenvalue weighted by atomic mass is 16.5. The number of likely N-dealkylation sites (tertiary alicyclic amines) is 1. The van der Waals surface area contributed by atoms with Gasteiger partial charge in [-0.2, -0.15) is 0 Å². The van der Waals surface area contributed by atoms with Crippen molar-refractivity contribution in [3.05, 3.63) is 94.6 Å². The summed E-state index contributed by atoms with van der Waals surface area (Å²) < 4.78 is 17.6. The van der Waals surface area contributed by atoms with Crippen molar-refractivity contribution in [2.75, 3.05) is 40.9 Å². The van der Waals surface area contributed by atoms with Crippen LogP contribution in [0.4, 0.5) is 0 Å². The van der Waals surface area contributed by atoms with Gasteiger partial charge in [-0.3, -0.25) is 9.59 Å². The number of nitrogens with zero attached hydrogens (tertiary/aromatic N) is 2. The number of rotatable bonds is 15. The minimum atomic E-state index is -0.780. The van der Waals surface area contributed by atoms with Crippen LogP contribution in [-0.2, 0) is 16.2 Å². The number of carbonyl (C=O) groups excluding carboxylic acids is 2. The van der Waals surface area contributed by atoms with Crippen molar-refractivity contribution < 1.29 is 28.9 Å². The molecule has 0 aliphatic carbocycles. The molecule has 0 bridgehead atoms. The zero-order chi connectivity index (χ0) is 31.6. The maximum Gasteiger partial charge on any atom is 0.295 e. The van der Waals surface area contributed by atoms with Crippen molar-refractivity contribution in [1.82, 2.24) is 9.80 Å². The molecule has 1 N–H and O–H groups in total. The van der Waals surface area contributed by atoms with Gasteiger partial charge in [0.15, 0.2) is 11.5 Å². The summed E-state index contributed by atoms with van der Waals surface area (Å²) in [6, 6.07) is 19.6. The van der Waals surface area contributed by atoms with Gasteiger partial charge in [-0.25, -0.2) is 0 Å². The van der Waals surface area contributed by atoms with Gasteiger partial charge in [0.05, 0.1) is 25.3 Å². The van der Waals surface area contributed by atoms with E-state index in [9.17, 15) is 14.7 Å². The highest BCUT2D eigenvalue weighted by Gasteiger charge is 2.46. The average molecular weight is 601 g/mol. The van der Waals surface area contributed by atoms with E-state index in [4.69, 9.17) is 14.2 Å². The van der Waals surface area contributed by atoms with E-state index in [2.05, 4.69) is 6.92 Å². The molecule has 1 heterocycles. The van der Waals surface area contributed by atoms with Crippen molar-refractivity contribution in [3.63, 3.8) is 0 Å². The van der Waals surface area contributed by atoms with Gasteiger partial charge in [0.2, 0.25) is 0 Å². The van der Waals surface area contributed by atoms with Crippen LogP contribution in [-0.4, -0.2) is 67.5 Å². The summed E-state index contributed by atoms with van der Waals surface area (Å²) in [4.78, 5) is 30.5. The number of hydrogen-bond donors (Lipinski definition) is 1. The number of methoxy groups -OCH3 is 1. The first kappa shape index (κ1) is 32.6. The number of amides is 1. The van der Waals surface area contributed by atoms with E-state index in [0.29, 0.717) is 54.6 Å². The summed E-state index contributed by atoms with van der Waals surface area (Å²) in [6.07, 6.45) is 3.76. The van der Waals surface area contributed by atoms with Gasteiger partial charge >= 0.3 is 0 Å². The highest BCUT2D eigenvalue weighted by molar-refractivity contribution is 6.46. The molecule has 1 fully saturated rings. The molecule has 1 unspecified atom stereocenters. The number of ether oxygens (including phenoxy) is 3. The number of ketones is 1. The minimum Gasteiger partial charge on any atom is -0.507 e. The SMILES string of the molecule is CCCCCOc1ccc(C2C(=C(O)c3ccc(OCc4ccccc4C)cc3)C(=O)C(=O)N2CCCN(C)C)cc1OC. The first-order valence-corrected chi connectivity index (χ1v) is 15.3. The second-order valence-corrected chi connectivity index (χ2v) is 11.4. The lowest BCUT2D eigenvalue weighted by Gasteiger charge is -2.26. The fraction of sp³-hybridized carbons (Fsp3) is 0.389. The summed E-state index contributed by atoms with van der Waals surface area (Å²) in [5.41, 5.74) is 3.36. The van der Waals surface area contributed by atoms with Gasteiger partial charge in [-0.1, -0.05) is 50.1 Å². The Morgan fingerprint density at radius 1 is 0.932 bits per heavy atom. The molecular formula is C36H44N2O6. The Bertz CT molecular complexity index is 1460. The minimum absolute atomic E-state index is 0.0482. The second kappa shape index (κ2) is 15.4. The second-order valence-electron chi connectivity index (χ2n) is 11.4. The molecule has 0 spiro atoms. The Morgan fingerprint density at radius 2 is 1.68 bits per heavy atom. The Hall–Kier alpha value is -4.30. The van der Waals surface area contributed by atoms with E-state index in [-0.39, 0.29) is 11.3 Å². The van der Waals surface area contributed by atoms with Crippen molar-refractivity contribution in [2.24, 2.45) is 0 Å². The van der Waals surface area contributed by atoms with E-state index < -0.39 is 17.7 Å². The Balaban J connectivity index is 1.66. The van der Waals surface area contributed by atoms with E-state index in [1.807, 2.05) is 56.3 Å². The Labute approximate surface area is 260 Å². The Kier molecular flexibility index (Phi) is 11.4. The molecule has 234 valence electrons. The van der Waals surface area contributed by atoms with Gasteiger partial charge < -0.3 is 29.1 Å². The summed E-state index contributed by atoms with van der Waals surface area (Å²) >= 11 is 0. The van der Waals surface area contributed by atoms with Crippen molar-refractivity contribution >= 4 is 17.4 Å². The lowest BCUT2D eigenvalue weighted by molar-refractivity contribution is -0.139. The monoisotopic (exact) mass is 600 g/mol. The van der Waals surface area contributed by atoms with Crippen molar-refractivity contribution in [3.8, 4) is 17.2 Å². The molecule has 44 heavy (non-hydrogen) atoms. The highest BCUT2D eigenvalue weighted by Crippen LogP contribution is 2.42. The van der Waals surface area contributed by atoms with Gasteiger partial charge in [0.25, 0.3) is 11.7 Å². The average Bonchev–Trinajstić information content (AvgIpc) is 3.27. The fourth-order valence-corrected chi connectivity index (χ4v) is 5.32. The number of benzene rings is 3. The first-order valence-electron chi connectivity index (χ1n) is 15.3. The number of carbonyl (C=O) groups is 2. The molecule has 3 aromatic rings. The molecule has 3 aromatic carbocycles. The standard InChI is InChI=1S/C36H44N2O6/c1-6-7-10-22-43-30-19-16-27(23-31(30)42-5)33-32(35(40)36(41)38(33)21-11-20-37(3)4)34(39)26-14-17-29(18-15-26)44-24-28-13-9-8-12-25(28)2/h8-9,12-19,23,33,39H,6-7,10-11,20-22,24H2,1-5H3. The zero-order valence-electron chi connectivity index (χ0n) is 26.5. The van der Waals surface area contributed by atoms with Gasteiger partial charge in [-0.05, 0) is 93.5 Å². The third kappa shape index (κ3) is 7.80. The number of Topliss-reactive ketones (excluding diaryl/α,β-unsaturated/α-hetero) is 1. The number of hydrogen-bond acceptors (Lipinski definition) is 7. The molecule has 8 nitrogen and oxygen atoms in total. The number of aryl methyl sites for hydroxylation is 1. The predicted octanol–water partition coefficient (Wildman–Crippen LogP) is 6.53. The molecule has 1 saturated heterocycles. The summed E-state index contributed by atoms with van der Waals surface area (Å²) in [6.45, 7) is 6.25. The fourth-order valence-electron chi connectivity index (χ4n) is 5.32. The summed E-state index contributed by atoms with van der Waals surface area (Å²) in [7, 11) is 5.49. The van der Waals surface area contributed by atoms with Gasteiger partial charge in [0.1, 0.15) is 18.1 Å². The van der Waals surface area contributed by atoms with Crippen LogP contribution in [0.2, 0.25) is 0 Å². The van der Waals surface area contributed by atoms with Gasteiger partial charge in [-0.15, -0.1) is 0 Å². The molecule has 8 heteroatoms. The predicted molar refractivity (Wildman–Crippen MR) is 172 cm³/mol. The van der Waals surface area contributed by atoms with Crippen LogP contribution in [0.15, 0.2) is 72.3 Å². The number of aliphatic hydroxyl groups excluding tert-OH is 1. The molecule has 4 rings (SSSR count). The van der Waals surface area contributed by atoms with Crippen LogP contribution in [0.25, 0.3) is 5.76 Å². The van der Waals surface area contributed by atoms with Crippen molar-refractivity contribution in [1.29, 1.82) is 0 Å². The molecule has 1 aliphatic heterocycles. The summed E-state index contributed by atoms with van der Waals surface area (Å²) in [5.74, 6) is 0.159. The summed E-state index contributed by atoms with van der Waals surface area (Å²) in [5, 5.41) is 11.5. The molecule has 1 atom stereocenters. The van der Waals surface area contributed by atoms with Gasteiger partial charge in [0, 0.05) is 12.1 Å². The molecule has 1 aliphatic rings. The maximum atomic E-state index is 13.5. The van der Waals surface area contributed by atoms with E-state index in [0.717, 1.165) is 36.9 Å². The number of unbranched alkanes of at least 4 members (excludes halogenated alkanes) is 2. The van der Waals surface area contributed by atoms with E-state index in [1.54, 1.807) is 48.4 Å². The topological polar surface area (TPSA) is 88.5 Å². The Morgan fingerprint density at radius 3 is 2.36 bits per heavy atom. The van der Waals surface area contributed by atoms with Crippen LogP contribution in [0, 0.1) is 6.92 Å². The largest absolute Gasteiger partial charge is 0.507 e. The number of aliphatic hydroxyl groups is 1. The van der Waals surface area contributed by atoms with Crippen LogP contribution < -0.4 is 14.2 Å². The smallest absolute Gasteiger partial charge is 0.295 e. The zero-order valence-corrected chi connectivity index (χ0v) is 26.5. The lowest BCUT2D eigenvalue weighted by atomic mass is 9.95. The van der Waals surface area contributed by atoms with E-state index >= 15 is 0 Å². The van der Waals surface area contributed by atoms with Crippen LogP contribution in [0.5, 0.6) is 17.2 Å². The first-order chi connectivity index (χ1) is 21.2. The maximum absolute atomic E-state index is 13.5. The quantitative estimate of drug-likeness (QED) is 0.0919. The van der Waals surface area contributed by atoms with Crippen molar-refractivity contribution in [2.45, 2.75) is 52.2 Å². The van der Waals surface area contributed by atoms with Crippen LogP contribution >= 0.6 is 0 Å².